The maximum absolute atomic E-state index is 11.6. The van der Waals surface area contributed by atoms with Crippen molar-refractivity contribution in [2.75, 3.05) is 6.61 Å². The Bertz CT molecular complexity index is 566. The van der Waals surface area contributed by atoms with Crippen LogP contribution in [0.4, 0.5) is 0 Å². The molecule has 0 saturated carbocycles. The number of ether oxygens (including phenoxy) is 1. The molecule has 1 rings (SSSR count). The van der Waals surface area contributed by atoms with Crippen LogP contribution in [-0.4, -0.2) is 18.1 Å². The zero-order valence-electron chi connectivity index (χ0n) is 12.3. The second kappa shape index (κ2) is 7.53. The first-order valence-electron chi connectivity index (χ1n) is 6.56. The highest BCUT2D eigenvalue weighted by Gasteiger charge is 2.18. The number of halogens is 2. The number of rotatable bonds is 6. The number of nitrogens with one attached hydrogen (secondary N) is 1. The molecule has 0 atom stereocenters. The summed E-state index contributed by atoms with van der Waals surface area (Å²) in [5, 5.41) is 12.5. The predicted molar refractivity (Wildman–Crippen MR) is 83.8 cm³/mol. The molecule has 0 spiro atoms. The van der Waals surface area contributed by atoms with Gasteiger partial charge < -0.3 is 10.1 Å². The van der Waals surface area contributed by atoms with Gasteiger partial charge in [0.15, 0.2) is 0 Å². The number of amides is 1. The van der Waals surface area contributed by atoms with E-state index in [4.69, 9.17) is 33.2 Å². The van der Waals surface area contributed by atoms with Gasteiger partial charge >= 0.3 is 0 Å². The number of benzene rings is 1. The average molecular weight is 329 g/mol. The fourth-order valence-corrected chi connectivity index (χ4v) is 2.03. The van der Waals surface area contributed by atoms with E-state index < -0.39 is 5.54 Å². The highest BCUT2D eigenvalue weighted by atomic mass is 35.5. The summed E-state index contributed by atoms with van der Waals surface area (Å²) in [6, 6.07) is 5.44. The molecule has 0 aliphatic heterocycles. The lowest BCUT2D eigenvalue weighted by molar-refractivity contribution is -0.122. The molecule has 0 aromatic heterocycles. The van der Waals surface area contributed by atoms with Gasteiger partial charge in [0.05, 0.1) is 17.7 Å². The number of carbonyl (C=O) groups is 1. The topological polar surface area (TPSA) is 62.1 Å². The van der Waals surface area contributed by atoms with Crippen LogP contribution in [0.3, 0.4) is 0 Å². The molecule has 0 fully saturated rings. The minimum Gasteiger partial charge on any atom is -0.492 e. The van der Waals surface area contributed by atoms with Crippen LogP contribution in [0.2, 0.25) is 10.0 Å². The van der Waals surface area contributed by atoms with Crippen LogP contribution in [-0.2, 0) is 4.79 Å². The van der Waals surface area contributed by atoms with Gasteiger partial charge in [-0.05, 0) is 44.9 Å². The maximum atomic E-state index is 11.6. The fourth-order valence-electron chi connectivity index (χ4n) is 1.60. The van der Waals surface area contributed by atoms with Crippen LogP contribution in [0, 0.1) is 18.3 Å². The summed E-state index contributed by atoms with van der Waals surface area (Å²) in [6.45, 7) is 5.48. The summed E-state index contributed by atoms with van der Waals surface area (Å²) < 4.78 is 5.54. The smallest absolute Gasteiger partial charge is 0.221 e. The third kappa shape index (κ3) is 5.45. The zero-order chi connectivity index (χ0) is 16.0. The van der Waals surface area contributed by atoms with Gasteiger partial charge in [-0.15, -0.1) is 0 Å². The summed E-state index contributed by atoms with van der Waals surface area (Å²) >= 11 is 12.1. The van der Waals surface area contributed by atoms with Gasteiger partial charge in [0.25, 0.3) is 0 Å². The van der Waals surface area contributed by atoms with Crippen LogP contribution in [0.15, 0.2) is 12.1 Å². The molecule has 0 bridgehead atoms. The van der Waals surface area contributed by atoms with Crippen LogP contribution < -0.4 is 10.1 Å². The van der Waals surface area contributed by atoms with E-state index in [2.05, 4.69) is 5.32 Å². The first-order valence-corrected chi connectivity index (χ1v) is 7.32. The molecule has 1 N–H and O–H groups in total. The number of hydrogen-bond acceptors (Lipinski definition) is 3. The number of nitrogens with zero attached hydrogens (tertiary/aromatic N) is 1. The quantitative estimate of drug-likeness (QED) is 0.806. The Hall–Kier alpha value is -1.44. The van der Waals surface area contributed by atoms with E-state index in [0.717, 1.165) is 5.56 Å². The van der Waals surface area contributed by atoms with Gasteiger partial charge in [0.2, 0.25) is 5.91 Å². The molecular formula is C15H18Cl2N2O2. The van der Waals surface area contributed by atoms with Crippen molar-refractivity contribution >= 4 is 29.1 Å². The Morgan fingerprint density at radius 1 is 1.43 bits per heavy atom. The summed E-state index contributed by atoms with van der Waals surface area (Å²) in [4.78, 5) is 11.6. The Kier molecular flexibility index (Phi) is 6.32. The second-order valence-electron chi connectivity index (χ2n) is 5.22. The average Bonchev–Trinajstić information content (AvgIpc) is 2.42. The van der Waals surface area contributed by atoms with E-state index in [0.29, 0.717) is 28.8 Å². The van der Waals surface area contributed by atoms with E-state index in [-0.39, 0.29) is 12.3 Å². The van der Waals surface area contributed by atoms with E-state index in [9.17, 15) is 4.79 Å². The summed E-state index contributed by atoms with van der Waals surface area (Å²) in [7, 11) is 0. The molecule has 1 aromatic carbocycles. The molecule has 0 radical (unpaired) electrons. The Morgan fingerprint density at radius 2 is 2.10 bits per heavy atom. The fraction of sp³-hybridized carbons (Fsp3) is 0.467. The molecular weight excluding hydrogens is 311 g/mol. The van der Waals surface area contributed by atoms with Crippen molar-refractivity contribution in [2.45, 2.75) is 39.2 Å². The Balaban J connectivity index is 2.40. The molecule has 0 aliphatic rings. The molecule has 0 saturated heterocycles. The van der Waals surface area contributed by atoms with Crippen molar-refractivity contribution in [3.63, 3.8) is 0 Å². The zero-order valence-corrected chi connectivity index (χ0v) is 13.8. The second-order valence-corrected chi connectivity index (χ2v) is 6.01. The van der Waals surface area contributed by atoms with Crippen molar-refractivity contribution in [1.29, 1.82) is 5.26 Å². The highest BCUT2D eigenvalue weighted by molar-refractivity contribution is 6.36. The molecule has 21 heavy (non-hydrogen) atoms. The molecule has 4 nitrogen and oxygen atoms in total. The van der Waals surface area contributed by atoms with Gasteiger partial charge in [0, 0.05) is 11.4 Å². The lowest BCUT2D eigenvalue weighted by atomic mass is 10.1. The third-order valence-electron chi connectivity index (χ3n) is 2.82. The summed E-state index contributed by atoms with van der Waals surface area (Å²) in [5.74, 6) is 0.375. The van der Waals surface area contributed by atoms with Crippen molar-refractivity contribution in [3.05, 3.63) is 27.7 Å². The van der Waals surface area contributed by atoms with E-state index in [1.165, 1.54) is 0 Å². The molecule has 1 aromatic rings. The van der Waals surface area contributed by atoms with Crippen LogP contribution in [0.1, 0.15) is 32.3 Å². The van der Waals surface area contributed by atoms with Crippen molar-refractivity contribution in [1.82, 2.24) is 5.32 Å². The summed E-state index contributed by atoms with van der Waals surface area (Å²) in [5.41, 5.74) is -0.0847. The maximum Gasteiger partial charge on any atom is 0.221 e. The molecule has 0 heterocycles. The minimum absolute atomic E-state index is 0.177. The lowest BCUT2D eigenvalue weighted by Crippen LogP contribution is -2.42. The molecule has 0 aliphatic carbocycles. The monoisotopic (exact) mass is 328 g/mol. The lowest BCUT2D eigenvalue weighted by Gasteiger charge is -2.17. The largest absolute Gasteiger partial charge is 0.492 e. The first kappa shape index (κ1) is 17.6. The molecule has 6 heteroatoms. The molecule has 1 amide bonds. The van der Waals surface area contributed by atoms with Crippen LogP contribution in [0.5, 0.6) is 5.75 Å². The normalized spacial score (nSPS) is 10.9. The standard InChI is InChI=1S/C15H18Cl2N2O2/c1-10-11(16)6-7-12(14(10)17)21-8-4-5-13(20)19-15(2,3)9-18/h6-7H,4-5,8H2,1-3H3,(H,19,20). The molecule has 0 unspecified atom stereocenters. The number of nitriles is 1. The van der Waals surface area contributed by atoms with Gasteiger partial charge in [-0.1, -0.05) is 23.2 Å². The van der Waals surface area contributed by atoms with E-state index >= 15 is 0 Å². The Labute approximate surface area is 135 Å². The van der Waals surface area contributed by atoms with Crippen LogP contribution in [0.25, 0.3) is 0 Å². The SMILES string of the molecule is Cc1c(Cl)ccc(OCCCC(=O)NC(C)(C)C#N)c1Cl. The van der Waals surface area contributed by atoms with Crippen molar-refractivity contribution in [3.8, 4) is 11.8 Å². The van der Waals surface area contributed by atoms with Crippen molar-refractivity contribution in [2.24, 2.45) is 0 Å². The predicted octanol–water partition coefficient (Wildman–Crippen LogP) is 3.88. The van der Waals surface area contributed by atoms with Gasteiger partial charge in [-0.25, -0.2) is 0 Å². The Morgan fingerprint density at radius 3 is 2.71 bits per heavy atom. The summed E-state index contributed by atoms with van der Waals surface area (Å²) in [6.07, 6.45) is 0.820. The number of hydrogen-bond donors (Lipinski definition) is 1. The number of carbonyl (C=O) groups excluding carboxylic acids is 1. The van der Waals surface area contributed by atoms with Crippen LogP contribution >= 0.6 is 23.2 Å². The van der Waals surface area contributed by atoms with E-state index in [1.54, 1.807) is 26.0 Å². The minimum atomic E-state index is -0.853. The first-order chi connectivity index (χ1) is 9.76. The third-order valence-corrected chi connectivity index (χ3v) is 3.70. The van der Waals surface area contributed by atoms with E-state index in [1.807, 2.05) is 13.0 Å². The van der Waals surface area contributed by atoms with Crippen molar-refractivity contribution < 1.29 is 9.53 Å². The van der Waals surface area contributed by atoms with Gasteiger partial charge in [0.1, 0.15) is 11.3 Å². The molecule has 114 valence electrons. The highest BCUT2D eigenvalue weighted by Crippen LogP contribution is 2.32. The van der Waals surface area contributed by atoms with Gasteiger partial charge in [-0.3, -0.25) is 4.79 Å². The van der Waals surface area contributed by atoms with Gasteiger partial charge in [-0.2, -0.15) is 5.26 Å².